The second kappa shape index (κ2) is 22.8. The maximum atomic E-state index is 14.0. The second-order valence-electron chi connectivity index (χ2n) is 16.0. The summed E-state index contributed by atoms with van der Waals surface area (Å²) < 4.78 is 31.7. The molecule has 0 bridgehead atoms. The van der Waals surface area contributed by atoms with Crippen LogP contribution in [0.2, 0.25) is 0 Å². The largest absolute Gasteiger partial charge is 0.487 e. The Morgan fingerprint density at radius 2 is 1.81 bits per heavy atom. The number of nitrogens with zero attached hydrogens (tertiary/aromatic N) is 4. The van der Waals surface area contributed by atoms with Gasteiger partial charge in [0.1, 0.15) is 30.8 Å². The third-order valence-electron chi connectivity index (χ3n) is 12.0. The number of aryl methyl sites for hydroxylation is 1. The molecule has 6 unspecified atom stereocenters. The lowest BCUT2D eigenvalue weighted by atomic mass is 9.55. The molecule has 1 aromatic heterocycles. The van der Waals surface area contributed by atoms with E-state index < -0.39 is 28.8 Å². The number of hydrogen-bond acceptors (Lipinski definition) is 14. The standard InChI is InChI=1S/C47H60N4O12/c1-4-24-61-47-43(50(46(55)58-3)20-25-59-26-23-54)29-41(49-62-30-33-14-16-36(17-15-33)51(56)57)39-27-34(11-5-7-21-52)38(13-6-8-22-53)44(45(39)47)40-28-37(18-19-42(40)63-47)60-31-35-12-9-10-32(2)48-35/h4,9-10,12,14-19,27-28,34,38,43-45,52-54H,1,5-8,11,13,20-26,29-31H2,2-3H3. The van der Waals surface area contributed by atoms with Crippen molar-refractivity contribution in [2.24, 2.45) is 22.9 Å². The Balaban J connectivity index is 1.54. The van der Waals surface area contributed by atoms with E-state index in [9.17, 15) is 30.2 Å². The number of rotatable bonds is 24. The van der Waals surface area contributed by atoms with E-state index in [1.807, 2.05) is 43.3 Å². The summed E-state index contributed by atoms with van der Waals surface area (Å²) in [6.07, 6.45) is 7.60. The number of carbonyl (C=O) groups excluding carboxylic acids is 1. The van der Waals surface area contributed by atoms with Crippen molar-refractivity contribution in [2.75, 3.05) is 53.3 Å². The van der Waals surface area contributed by atoms with Crippen LogP contribution in [-0.2, 0) is 32.3 Å². The van der Waals surface area contributed by atoms with E-state index >= 15 is 0 Å². The molecule has 16 nitrogen and oxygen atoms in total. The van der Waals surface area contributed by atoms with Crippen molar-refractivity contribution in [1.82, 2.24) is 9.88 Å². The van der Waals surface area contributed by atoms with Gasteiger partial charge >= 0.3 is 6.09 Å². The first-order valence-corrected chi connectivity index (χ1v) is 21.7. The van der Waals surface area contributed by atoms with Gasteiger partial charge in [-0.1, -0.05) is 36.2 Å². The summed E-state index contributed by atoms with van der Waals surface area (Å²) in [5, 5.41) is 45.4. The highest BCUT2D eigenvalue weighted by Gasteiger charge is 2.65. The lowest BCUT2D eigenvalue weighted by Crippen LogP contribution is -2.70. The summed E-state index contributed by atoms with van der Waals surface area (Å²) in [5.41, 5.74) is 4.57. The molecule has 6 atom stereocenters. The van der Waals surface area contributed by atoms with Crippen LogP contribution in [0.3, 0.4) is 0 Å². The van der Waals surface area contributed by atoms with Gasteiger partial charge in [0, 0.05) is 55.5 Å². The molecule has 16 heteroatoms. The lowest BCUT2D eigenvalue weighted by molar-refractivity contribution is -0.384. The molecule has 340 valence electrons. The Morgan fingerprint density at radius 3 is 2.51 bits per heavy atom. The van der Waals surface area contributed by atoms with Gasteiger partial charge in [-0.25, -0.2) is 4.79 Å². The molecule has 2 aromatic carbocycles. The number of pyridine rings is 1. The number of benzene rings is 2. The average Bonchev–Trinajstić information content (AvgIpc) is 3.29. The second-order valence-corrected chi connectivity index (χ2v) is 16.0. The highest BCUT2D eigenvalue weighted by Crippen LogP contribution is 2.62. The summed E-state index contributed by atoms with van der Waals surface area (Å²) in [7, 11) is 1.31. The molecule has 0 radical (unpaired) electrons. The minimum absolute atomic E-state index is 0.00405. The Kier molecular flexibility index (Phi) is 17.1. The van der Waals surface area contributed by atoms with Gasteiger partial charge in [-0.3, -0.25) is 20.0 Å². The molecule has 3 aromatic rings. The molecule has 3 aliphatic rings. The summed E-state index contributed by atoms with van der Waals surface area (Å²) in [4.78, 5) is 37.1. The first kappa shape index (κ1) is 47.1. The first-order chi connectivity index (χ1) is 30.7. The van der Waals surface area contributed by atoms with Crippen molar-refractivity contribution in [3.63, 3.8) is 0 Å². The molecule has 1 amide bonds. The fraction of sp³-hybridized carbons (Fsp3) is 0.511. The maximum Gasteiger partial charge on any atom is 0.410 e. The molecule has 63 heavy (non-hydrogen) atoms. The number of nitro benzene ring substituents is 1. The SMILES string of the molecule is C=CCOC12Oc3ccc(OCc4cccc(C)n4)cc3C3C(CCCCO)C(CCCCO)C=C(C(=NOCc4ccc([N+](=O)[O-])cc4)CC1N(CCOCCO)C(=O)OC)C32. The number of aliphatic hydroxyl groups is 3. The van der Waals surface area contributed by atoms with Crippen molar-refractivity contribution >= 4 is 17.5 Å². The van der Waals surface area contributed by atoms with Gasteiger partial charge in [-0.2, -0.15) is 0 Å². The monoisotopic (exact) mass is 872 g/mol. The van der Waals surface area contributed by atoms with Crippen molar-refractivity contribution < 1.29 is 53.6 Å². The van der Waals surface area contributed by atoms with E-state index in [4.69, 9.17) is 33.7 Å². The van der Waals surface area contributed by atoms with Gasteiger partial charge in [-0.15, -0.1) is 6.58 Å². The van der Waals surface area contributed by atoms with Crippen LogP contribution in [0.5, 0.6) is 11.5 Å². The van der Waals surface area contributed by atoms with Crippen LogP contribution in [0.1, 0.15) is 73.4 Å². The number of amides is 1. The van der Waals surface area contributed by atoms with Gasteiger partial charge in [0.15, 0.2) is 0 Å². The zero-order chi connectivity index (χ0) is 44.8. The fourth-order valence-electron chi connectivity index (χ4n) is 9.30. The van der Waals surface area contributed by atoms with E-state index in [0.29, 0.717) is 35.6 Å². The maximum absolute atomic E-state index is 14.0. The van der Waals surface area contributed by atoms with E-state index in [-0.39, 0.29) is 89.3 Å². The number of ether oxygens (including phenoxy) is 5. The summed E-state index contributed by atoms with van der Waals surface area (Å²) in [6.45, 7) is 6.36. The minimum atomic E-state index is -1.53. The molecule has 0 saturated heterocycles. The lowest BCUT2D eigenvalue weighted by Gasteiger charge is -2.59. The highest BCUT2D eigenvalue weighted by atomic mass is 16.7. The molecule has 2 heterocycles. The van der Waals surface area contributed by atoms with Gasteiger partial charge in [0.25, 0.3) is 5.69 Å². The zero-order valence-electron chi connectivity index (χ0n) is 36.1. The normalized spacial score (nSPS) is 22.8. The third kappa shape index (κ3) is 11.2. The van der Waals surface area contributed by atoms with Gasteiger partial charge in [-0.05, 0) is 98.0 Å². The number of aliphatic hydroxyl groups excluding tert-OH is 3. The number of unbranched alkanes of at least 4 members (excludes halogenated alkanes) is 2. The van der Waals surface area contributed by atoms with Crippen LogP contribution in [0.25, 0.3) is 0 Å². The predicted octanol–water partition coefficient (Wildman–Crippen LogP) is 6.79. The first-order valence-electron chi connectivity index (χ1n) is 21.7. The number of non-ortho nitro benzene ring substituents is 1. The molecular formula is C47H60N4O12. The Hall–Kier alpha value is -5.39. The molecule has 1 saturated carbocycles. The summed E-state index contributed by atoms with van der Waals surface area (Å²) in [5.74, 6) is -1.26. The zero-order valence-corrected chi connectivity index (χ0v) is 36.1. The van der Waals surface area contributed by atoms with E-state index in [0.717, 1.165) is 48.2 Å². The average molecular weight is 873 g/mol. The number of carbonyl (C=O) groups is 1. The van der Waals surface area contributed by atoms with Crippen LogP contribution >= 0.6 is 0 Å². The molecular weight excluding hydrogens is 813 g/mol. The molecule has 6 rings (SSSR count). The van der Waals surface area contributed by atoms with Crippen molar-refractivity contribution in [2.45, 2.75) is 82.8 Å². The van der Waals surface area contributed by atoms with Crippen LogP contribution < -0.4 is 9.47 Å². The number of methoxy groups -OCH3 is 1. The predicted molar refractivity (Wildman–Crippen MR) is 233 cm³/mol. The number of fused-ring (bicyclic) bond motifs is 2. The van der Waals surface area contributed by atoms with Crippen LogP contribution in [-0.4, -0.2) is 107 Å². The van der Waals surface area contributed by atoms with Crippen LogP contribution in [0.15, 0.2) is 90.1 Å². The quantitative estimate of drug-likeness (QED) is 0.0368. The van der Waals surface area contributed by atoms with Crippen LogP contribution in [0.4, 0.5) is 10.5 Å². The van der Waals surface area contributed by atoms with E-state index in [1.54, 1.807) is 18.2 Å². The van der Waals surface area contributed by atoms with E-state index in [1.165, 1.54) is 24.1 Å². The van der Waals surface area contributed by atoms with Gasteiger partial charge in [0.05, 0.1) is 55.8 Å². The molecule has 0 spiro atoms. The van der Waals surface area contributed by atoms with Crippen molar-refractivity contribution in [1.29, 1.82) is 0 Å². The number of hydrogen-bond donors (Lipinski definition) is 3. The Labute approximate surface area is 368 Å². The third-order valence-corrected chi connectivity index (χ3v) is 12.0. The minimum Gasteiger partial charge on any atom is -0.487 e. The fourth-order valence-corrected chi connectivity index (χ4v) is 9.30. The molecule has 1 fully saturated rings. The smallest absolute Gasteiger partial charge is 0.410 e. The topological polar surface area (TPSA) is 205 Å². The van der Waals surface area contributed by atoms with E-state index in [2.05, 4.69) is 17.6 Å². The van der Waals surface area contributed by atoms with Gasteiger partial charge < -0.3 is 43.8 Å². The van der Waals surface area contributed by atoms with Crippen molar-refractivity contribution in [3.8, 4) is 11.5 Å². The Morgan fingerprint density at radius 1 is 1.03 bits per heavy atom. The van der Waals surface area contributed by atoms with Gasteiger partial charge in [0.2, 0.25) is 5.79 Å². The van der Waals surface area contributed by atoms with Crippen LogP contribution in [0, 0.1) is 34.8 Å². The number of nitro groups is 1. The number of allylic oxidation sites excluding steroid dienone is 1. The Bertz CT molecular complexity index is 2060. The number of oxime groups is 1. The summed E-state index contributed by atoms with van der Waals surface area (Å²) in [6, 6.07) is 16.7. The van der Waals surface area contributed by atoms with Crippen molar-refractivity contribution in [3.05, 3.63) is 118 Å². The number of aromatic nitrogens is 1. The molecule has 1 aliphatic heterocycles. The molecule has 3 N–H and O–H groups in total. The summed E-state index contributed by atoms with van der Waals surface area (Å²) >= 11 is 0. The highest BCUT2D eigenvalue weighted by molar-refractivity contribution is 6.03. The molecule has 2 aliphatic carbocycles.